The molecule has 1 aliphatic heterocycles. The maximum absolute atomic E-state index is 12.1. The fraction of sp³-hybridized carbons (Fsp3) is 0.417. The molecular weight excluding hydrogens is 220 g/mol. The van der Waals surface area contributed by atoms with Crippen LogP contribution < -0.4 is 0 Å². The SMILES string of the molecule is O=C1c2cc([N+](=O)[O-])ccc2CN1C1CCC1. The highest BCUT2D eigenvalue weighted by atomic mass is 16.6. The Morgan fingerprint density at radius 1 is 1.35 bits per heavy atom. The molecule has 0 spiro atoms. The van der Waals surface area contributed by atoms with Crippen LogP contribution in [0.5, 0.6) is 0 Å². The number of nitrogens with zero attached hydrogens (tertiary/aromatic N) is 2. The van der Waals surface area contributed by atoms with E-state index >= 15 is 0 Å². The highest BCUT2D eigenvalue weighted by Gasteiger charge is 2.36. The van der Waals surface area contributed by atoms with E-state index < -0.39 is 4.92 Å². The molecule has 0 atom stereocenters. The van der Waals surface area contributed by atoms with Crippen molar-refractivity contribution >= 4 is 11.6 Å². The van der Waals surface area contributed by atoms with Crippen LogP contribution in [0.2, 0.25) is 0 Å². The molecule has 0 radical (unpaired) electrons. The van der Waals surface area contributed by atoms with Gasteiger partial charge < -0.3 is 4.90 Å². The van der Waals surface area contributed by atoms with Crippen molar-refractivity contribution < 1.29 is 9.72 Å². The van der Waals surface area contributed by atoms with E-state index in [2.05, 4.69) is 0 Å². The third kappa shape index (κ3) is 1.50. The Kier molecular flexibility index (Phi) is 2.14. The molecule has 0 aromatic heterocycles. The molecule has 2 aliphatic rings. The molecule has 3 rings (SSSR count). The minimum Gasteiger partial charge on any atom is -0.331 e. The van der Waals surface area contributed by atoms with Crippen molar-refractivity contribution in [3.8, 4) is 0 Å². The minimum absolute atomic E-state index is 0.00689. The molecule has 17 heavy (non-hydrogen) atoms. The van der Waals surface area contributed by atoms with Crippen molar-refractivity contribution in [1.82, 2.24) is 4.90 Å². The summed E-state index contributed by atoms with van der Waals surface area (Å²) in [7, 11) is 0. The topological polar surface area (TPSA) is 63.4 Å². The van der Waals surface area contributed by atoms with Crippen molar-refractivity contribution in [2.45, 2.75) is 31.8 Å². The first-order chi connectivity index (χ1) is 8.16. The fourth-order valence-electron chi connectivity index (χ4n) is 2.42. The van der Waals surface area contributed by atoms with Crippen molar-refractivity contribution in [3.05, 3.63) is 39.4 Å². The Morgan fingerprint density at radius 3 is 2.71 bits per heavy atom. The van der Waals surface area contributed by atoms with Gasteiger partial charge in [0.15, 0.2) is 0 Å². The molecule has 5 nitrogen and oxygen atoms in total. The Labute approximate surface area is 98.2 Å². The molecule has 1 fully saturated rings. The van der Waals surface area contributed by atoms with Crippen LogP contribution in [0.25, 0.3) is 0 Å². The predicted octanol–water partition coefficient (Wildman–Crippen LogP) is 2.10. The average molecular weight is 232 g/mol. The standard InChI is InChI=1S/C12H12N2O3/c15-12-11-6-10(14(16)17)5-4-8(11)7-13(12)9-2-1-3-9/h4-6,9H,1-3,7H2. The molecule has 1 aromatic carbocycles. The molecule has 0 unspecified atom stereocenters. The van der Waals surface area contributed by atoms with Crippen LogP contribution in [0.3, 0.4) is 0 Å². The van der Waals surface area contributed by atoms with Crippen LogP contribution in [-0.2, 0) is 6.54 Å². The number of nitro groups is 1. The van der Waals surface area contributed by atoms with E-state index in [9.17, 15) is 14.9 Å². The lowest BCUT2D eigenvalue weighted by Gasteiger charge is -2.34. The summed E-state index contributed by atoms with van der Waals surface area (Å²) in [5.74, 6) is -0.0478. The highest BCUT2D eigenvalue weighted by Crippen LogP contribution is 2.33. The first kappa shape index (κ1) is 10.3. The third-order valence-corrected chi connectivity index (χ3v) is 3.65. The van der Waals surface area contributed by atoms with Gasteiger partial charge in [0.25, 0.3) is 11.6 Å². The second-order valence-corrected chi connectivity index (χ2v) is 4.62. The zero-order valence-electron chi connectivity index (χ0n) is 9.26. The number of nitro benzene ring substituents is 1. The van der Waals surface area contributed by atoms with Crippen LogP contribution >= 0.6 is 0 Å². The summed E-state index contributed by atoms with van der Waals surface area (Å²) < 4.78 is 0. The molecule has 0 N–H and O–H groups in total. The van der Waals surface area contributed by atoms with Crippen molar-refractivity contribution in [3.63, 3.8) is 0 Å². The average Bonchev–Trinajstić information content (AvgIpc) is 2.54. The quantitative estimate of drug-likeness (QED) is 0.579. The summed E-state index contributed by atoms with van der Waals surface area (Å²) in [4.78, 5) is 24.2. The van der Waals surface area contributed by atoms with Gasteiger partial charge in [0.1, 0.15) is 0 Å². The maximum Gasteiger partial charge on any atom is 0.270 e. The zero-order valence-corrected chi connectivity index (χ0v) is 9.26. The first-order valence-corrected chi connectivity index (χ1v) is 5.75. The van der Waals surface area contributed by atoms with Gasteiger partial charge in [-0.2, -0.15) is 0 Å². The van der Waals surface area contributed by atoms with Crippen LogP contribution in [0.1, 0.15) is 35.2 Å². The number of hydrogen-bond donors (Lipinski definition) is 0. The van der Waals surface area contributed by atoms with Crippen LogP contribution in [0.15, 0.2) is 18.2 Å². The lowest BCUT2D eigenvalue weighted by Crippen LogP contribution is -2.40. The van der Waals surface area contributed by atoms with Gasteiger partial charge in [0, 0.05) is 24.7 Å². The van der Waals surface area contributed by atoms with Gasteiger partial charge >= 0.3 is 0 Å². The van der Waals surface area contributed by atoms with E-state index in [1.807, 2.05) is 4.90 Å². The minimum atomic E-state index is -0.459. The van der Waals surface area contributed by atoms with Gasteiger partial charge in [-0.15, -0.1) is 0 Å². The van der Waals surface area contributed by atoms with Crippen LogP contribution in [-0.4, -0.2) is 21.8 Å². The Hall–Kier alpha value is -1.91. The van der Waals surface area contributed by atoms with E-state index in [0.29, 0.717) is 18.2 Å². The molecule has 1 heterocycles. The normalized spacial score (nSPS) is 19.1. The Morgan fingerprint density at radius 2 is 2.12 bits per heavy atom. The number of hydrogen-bond acceptors (Lipinski definition) is 3. The molecule has 1 aliphatic carbocycles. The molecule has 88 valence electrons. The van der Waals surface area contributed by atoms with Gasteiger partial charge in [0.05, 0.1) is 10.5 Å². The largest absolute Gasteiger partial charge is 0.331 e. The van der Waals surface area contributed by atoms with Crippen LogP contribution in [0, 0.1) is 10.1 Å². The van der Waals surface area contributed by atoms with Gasteiger partial charge in [0.2, 0.25) is 0 Å². The van der Waals surface area contributed by atoms with E-state index in [4.69, 9.17) is 0 Å². The van der Waals surface area contributed by atoms with Gasteiger partial charge in [-0.1, -0.05) is 0 Å². The van der Waals surface area contributed by atoms with E-state index in [1.165, 1.54) is 18.6 Å². The third-order valence-electron chi connectivity index (χ3n) is 3.65. The van der Waals surface area contributed by atoms with Crippen molar-refractivity contribution in [2.24, 2.45) is 0 Å². The van der Waals surface area contributed by atoms with Crippen LogP contribution in [0.4, 0.5) is 5.69 Å². The van der Waals surface area contributed by atoms with E-state index in [0.717, 1.165) is 18.4 Å². The number of carbonyl (C=O) groups is 1. The summed E-state index contributed by atoms with van der Waals surface area (Å²) in [6.07, 6.45) is 3.29. The van der Waals surface area contributed by atoms with Crippen molar-refractivity contribution in [1.29, 1.82) is 0 Å². The molecule has 0 bridgehead atoms. The molecule has 5 heteroatoms. The molecule has 1 saturated carbocycles. The second kappa shape index (κ2) is 3.55. The summed E-state index contributed by atoms with van der Waals surface area (Å²) >= 11 is 0. The summed E-state index contributed by atoms with van der Waals surface area (Å²) in [6.45, 7) is 0.608. The lowest BCUT2D eigenvalue weighted by atomic mass is 9.92. The summed E-state index contributed by atoms with van der Waals surface area (Å²) in [5, 5.41) is 10.7. The Bertz CT molecular complexity index is 508. The number of carbonyl (C=O) groups excluding carboxylic acids is 1. The number of non-ortho nitro benzene ring substituents is 1. The molecule has 0 saturated heterocycles. The number of fused-ring (bicyclic) bond motifs is 1. The maximum atomic E-state index is 12.1. The smallest absolute Gasteiger partial charge is 0.270 e. The Balaban J connectivity index is 1.94. The number of amides is 1. The van der Waals surface area contributed by atoms with E-state index in [-0.39, 0.29) is 11.6 Å². The van der Waals surface area contributed by atoms with E-state index in [1.54, 1.807) is 6.07 Å². The van der Waals surface area contributed by atoms with Crippen molar-refractivity contribution in [2.75, 3.05) is 0 Å². The number of benzene rings is 1. The highest BCUT2D eigenvalue weighted by molar-refractivity contribution is 5.99. The fourth-order valence-corrected chi connectivity index (χ4v) is 2.42. The molecule has 1 amide bonds. The molecular formula is C12H12N2O3. The summed E-state index contributed by atoms with van der Waals surface area (Å²) in [5.41, 5.74) is 1.41. The monoisotopic (exact) mass is 232 g/mol. The zero-order chi connectivity index (χ0) is 12.0. The second-order valence-electron chi connectivity index (χ2n) is 4.62. The molecule has 1 aromatic rings. The van der Waals surface area contributed by atoms with Gasteiger partial charge in [-0.3, -0.25) is 14.9 Å². The number of rotatable bonds is 2. The predicted molar refractivity (Wildman–Crippen MR) is 60.6 cm³/mol. The first-order valence-electron chi connectivity index (χ1n) is 5.75. The van der Waals surface area contributed by atoms with Gasteiger partial charge in [-0.05, 0) is 30.9 Å². The van der Waals surface area contributed by atoms with Gasteiger partial charge in [-0.25, -0.2) is 0 Å². The lowest BCUT2D eigenvalue weighted by molar-refractivity contribution is -0.384. The summed E-state index contributed by atoms with van der Waals surface area (Å²) in [6, 6.07) is 4.91.